The standard InChI is InChI=1S/C26H24O3/c1-28-19-13-10-18(11-14-19)25-16-23(21-8-4-5-9-24(21)29-25)22-15-12-17-6-2-3-7-20(17)26(22)27/h4-5,8-16,23,27H,2-3,6-7H2,1H3. The summed E-state index contributed by atoms with van der Waals surface area (Å²) in [5.41, 5.74) is 5.43. The van der Waals surface area contributed by atoms with Gasteiger partial charge in [0.05, 0.1) is 7.11 Å². The molecule has 0 amide bonds. The van der Waals surface area contributed by atoms with Crippen LogP contribution in [0.1, 0.15) is 46.6 Å². The minimum Gasteiger partial charge on any atom is -0.507 e. The van der Waals surface area contributed by atoms with Crippen LogP contribution in [0.25, 0.3) is 5.76 Å². The van der Waals surface area contributed by atoms with E-state index in [0.29, 0.717) is 5.75 Å². The van der Waals surface area contributed by atoms with Crippen LogP contribution >= 0.6 is 0 Å². The van der Waals surface area contributed by atoms with Gasteiger partial charge in [0.15, 0.2) is 0 Å². The molecule has 0 radical (unpaired) electrons. The number of fused-ring (bicyclic) bond motifs is 2. The lowest BCUT2D eigenvalue weighted by Crippen LogP contribution is -2.12. The average Bonchev–Trinajstić information content (AvgIpc) is 2.79. The summed E-state index contributed by atoms with van der Waals surface area (Å²) < 4.78 is 11.5. The Morgan fingerprint density at radius 1 is 0.897 bits per heavy atom. The third-order valence-electron chi connectivity index (χ3n) is 6.04. The van der Waals surface area contributed by atoms with Crippen molar-refractivity contribution in [3.8, 4) is 17.2 Å². The van der Waals surface area contributed by atoms with E-state index in [2.05, 4.69) is 24.3 Å². The number of hydrogen-bond acceptors (Lipinski definition) is 3. The Morgan fingerprint density at radius 3 is 2.52 bits per heavy atom. The first-order valence-corrected chi connectivity index (χ1v) is 10.2. The Bertz CT molecular complexity index is 1080. The van der Waals surface area contributed by atoms with Crippen molar-refractivity contribution in [1.82, 2.24) is 0 Å². The maximum atomic E-state index is 11.2. The van der Waals surface area contributed by atoms with Gasteiger partial charge in [0, 0.05) is 22.6 Å². The van der Waals surface area contributed by atoms with Gasteiger partial charge in [-0.05, 0) is 73.2 Å². The third-order valence-corrected chi connectivity index (χ3v) is 6.04. The van der Waals surface area contributed by atoms with E-state index in [4.69, 9.17) is 9.47 Å². The second-order valence-corrected chi connectivity index (χ2v) is 7.73. The minimum absolute atomic E-state index is 0.0516. The molecule has 0 aromatic heterocycles. The van der Waals surface area contributed by atoms with E-state index >= 15 is 0 Å². The minimum atomic E-state index is -0.0516. The molecular weight excluding hydrogens is 360 g/mol. The van der Waals surface area contributed by atoms with Crippen LogP contribution in [-0.4, -0.2) is 12.2 Å². The third kappa shape index (κ3) is 3.17. The number of hydrogen-bond donors (Lipinski definition) is 1. The summed E-state index contributed by atoms with van der Waals surface area (Å²) in [7, 11) is 1.66. The second kappa shape index (κ2) is 7.32. The zero-order chi connectivity index (χ0) is 19.8. The number of methoxy groups -OCH3 is 1. The number of allylic oxidation sites excluding steroid dienone is 1. The second-order valence-electron chi connectivity index (χ2n) is 7.73. The van der Waals surface area contributed by atoms with E-state index in [9.17, 15) is 5.11 Å². The van der Waals surface area contributed by atoms with Gasteiger partial charge in [0.25, 0.3) is 0 Å². The Kier molecular flexibility index (Phi) is 4.51. The molecule has 3 nitrogen and oxygen atoms in total. The number of rotatable bonds is 3. The van der Waals surface area contributed by atoms with E-state index in [1.807, 2.05) is 42.5 Å². The lowest BCUT2D eigenvalue weighted by atomic mass is 9.82. The van der Waals surface area contributed by atoms with Gasteiger partial charge in [-0.3, -0.25) is 0 Å². The van der Waals surface area contributed by atoms with E-state index in [0.717, 1.165) is 58.8 Å². The summed E-state index contributed by atoms with van der Waals surface area (Å²) in [6.07, 6.45) is 6.47. The summed E-state index contributed by atoms with van der Waals surface area (Å²) >= 11 is 0. The number of phenols is 1. The lowest BCUT2D eigenvalue weighted by Gasteiger charge is -2.27. The van der Waals surface area contributed by atoms with E-state index in [1.54, 1.807) is 7.11 Å². The zero-order valence-electron chi connectivity index (χ0n) is 16.5. The zero-order valence-corrected chi connectivity index (χ0v) is 16.5. The number of para-hydroxylation sites is 1. The van der Waals surface area contributed by atoms with Gasteiger partial charge in [-0.25, -0.2) is 0 Å². The van der Waals surface area contributed by atoms with Crippen LogP contribution in [0.4, 0.5) is 0 Å². The van der Waals surface area contributed by atoms with Crippen LogP contribution in [0.5, 0.6) is 17.2 Å². The van der Waals surface area contributed by atoms with Crippen molar-refractivity contribution in [3.63, 3.8) is 0 Å². The van der Waals surface area contributed by atoms with Crippen molar-refractivity contribution in [1.29, 1.82) is 0 Å². The number of phenolic OH excluding ortho intramolecular Hbond substituents is 1. The molecule has 3 aromatic carbocycles. The monoisotopic (exact) mass is 384 g/mol. The summed E-state index contributed by atoms with van der Waals surface area (Å²) in [5, 5.41) is 11.2. The SMILES string of the molecule is COc1ccc(C2=CC(c3ccc4c(c3O)CCCC4)c3ccccc3O2)cc1. The number of aryl methyl sites for hydroxylation is 1. The smallest absolute Gasteiger partial charge is 0.131 e. The number of benzene rings is 3. The molecule has 0 saturated carbocycles. The van der Waals surface area contributed by atoms with Crippen LogP contribution in [0.2, 0.25) is 0 Å². The Morgan fingerprint density at radius 2 is 1.69 bits per heavy atom. The molecule has 1 heterocycles. The predicted octanol–water partition coefficient (Wildman–Crippen LogP) is 5.85. The summed E-state index contributed by atoms with van der Waals surface area (Å²) in [6, 6.07) is 20.3. The summed E-state index contributed by atoms with van der Waals surface area (Å²) in [5.74, 6) is 2.85. The van der Waals surface area contributed by atoms with Gasteiger partial charge in [-0.2, -0.15) is 0 Å². The highest BCUT2D eigenvalue weighted by Gasteiger charge is 2.27. The first-order chi connectivity index (χ1) is 14.2. The number of aromatic hydroxyl groups is 1. The molecule has 1 aliphatic heterocycles. The molecule has 5 rings (SSSR count). The van der Waals surface area contributed by atoms with E-state index in [1.165, 1.54) is 12.0 Å². The van der Waals surface area contributed by atoms with Gasteiger partial charge in [-0.1, -0.05) is 30.3 Å². The fourth-order valence-corrected chi connectivity index (χ4v) is 4.47. The Hall–Kier alpha value is -3.20. The van der Waals surface area contributed by atoms with Crippen molar-refractivity contribution in [2.75, 3.05) is 7.11 Å². The molecule has 3 aromatic rings. The molecule has 0 bridgehead atoms. The van der Waals surface area contributed by atoms with Crippen LogP contribution < -0.4 is 9.47 Å². The lowest BCUT2D eigenvalue weighted by molar-refractivity contribution is 0.414. The molecule has 29 heavy (non-hydrogen) atoms. The molecular formula is C26H24O3. The van der Waals surface area contributed by atoms with Crippen LogP contribution in [-0.2, 0) is 12.8 Å². The van der Waals surface area contributed by atoms with Gasteiger partial charge >= 0.3 is 0 Å². The quantitative estimate of drug-likeness (QED) is 0.616. The van der Waals surface area contributed by atoms with Crippen molar-refractivity contribution in [2.45, 2.75) is 31.6 Å². The first-order valence-electron chi connectivity index (χ1n) is 10.2. The molecule has 0 saturated heterocycles. The molecule has 1 aliphatic carbocycles. The molecule has 1 unspecified atom stereocenters. The van der Waals surface area contributed by atoms with Crippen LogP contribution in [0, 0.1) is 0 Å². The average molecular weight is 384 g/mol. The first kappa shape index (κ1) is 17.9. The van der Waals surface area contributed by atoms with Crippen molar-refractivity contribution in [2.24, 2.45) is 0 Å². The van der Waals surface area contributed by atoms with Gasteiger partial charge in [-0.15, -0.1) is 0 Å². The molecule has 0 fully saturated rings. The molecule has 3 heteroatoms. The molecule has 146 valence electrons. The molecule has 0 spiro atoms. The molecule has 1 N–H and O–H groups in total. The van der Waals surface area contributed by atoms with Gasteiger partial charge in [0.2, 0.25) is 0 Å². The fraction of sp³-hybridized carbons (Fsp3) is 0.231. The normalized spacial score (nSPS) is 17.6. The Balaban J connectivity index is 1.63. The fourth-order valence-electron chi connectivity index (χ4n) is 4.47. The maximum Gasteiger partial charge on any atom is 0.131 e. The molecule has 1 atom stereocenters. The highest BCUT2D eigenvalue weighted by molar-refractivity contribution is 5.70. The van der Waals surface area contributed by atoms with E-state index < -0.39 is 0 Å². The largest absolute Gasteiger partial charge is 0.507 e. The highest BCUT2D eigenvalue weighted by atomic mass is 16.5. The van der Waals surface area contributed by atoms with Crippen molar-refractivity contribution < 1.29 is 14.6 Å². The predicted molar refractivity (Wildman–Crippen MR) is 115 cm³/mol. The van der Waals surface area contributed by atoms with Crippen molar-refractivity contribution in [3.05, 3.63) is 94.6 Å². The number of ether oxygens (including phenoxy) is 2. The Labute approximate surface area is 171 Å². The maximum absolute atomic E-state index is 11.2. The highest BCUT2D eigenvalue weighted by Crippen LogP contribution is 2.45. The van der Waals surface area contributed by atoms with Crippen LogP contribution in [0.3, 0.4) is 0 Å². The van der Waals surface area contributed by atoms with E-state index in [-0.39, 0.29) is 5.92 Å². The molecule has 2 aliphatic rings. The summed E-state index contributed by atoms with van der Waals surface area (Å²) in [6.45, 7) is 0. The van der Waals surface area contributed by atoms with Crippen molar-refractivity contribution >= 4 is 5.76 Å². The summed E-state index contributed by atoms with van der Waals surface area (Å²) in [4.78, 5) is 0. The van der Waals surface area contributed by atoms with Crippen LogP contribution in [0.15, 0.2) is 66.7 Å². The topological polar surface area (TPSA) is 38.7 Å². The van der Waals surface area contributed by atoms with Gasteiger partial charge < -0.3 is 14.6 Å². The van der Waals surface area contributed by atoms with Gasteiger partial charge in [0.1, 0.15) is 23.0 Å².